The van der Waals surface area contributed by atoms with E-state index in [1.54, 1.807) is 6.20 Å². The number of carbonyl (C=O) groups excluding carboxylic acids is 1. The molecule has 29 heavy (non-hydrogen) atoms. The third-order valence-corrected chi connectivity index (χ3v) is 5.19. The maximum atomic E-state index is 12.6. The van der Waals surface area contributed by atoms with E-state index in [-0.39, 0.29) is 18.6 Å². The van der Waals surface area contributed by atoms with Crippen molar-refractivity contribution < 1.29 is 9.53 Å². The molecular weight excluding hydrogens is 430 g/mol. The minimum atomic E-state index is -0.346. The summed E-state index contributed by atoms with van der Waals surface area (Å²) in [5, 5.41) is 5.20. The van der Waals surface area contributed by atoms with E-state index in [0.717, 1.165) is 26.6 Å². The number of rotatable bonds is 6. The van der Waals surface area contributed by atoms with Gasteiger partial charge in [-0.2, -0.15) is 0 Å². The molecule has 1 aromatic heterocycles. The lowest BCUT2D eigenvalue weighted by Gasteiger charge is -2.19. The van der Waals surface area contributed by atoms with E-state index in [9.17, 15) is 4.79 Å². The van der Waals surface area contributed by atoms with Gasteiger partial charge in [0.2, 0.25) is 0 Å². The van der Waals surface area contributed by atoms with Gasteiger partial charge in [0.15, 0.2) is 6.61 Å². The lowest BCUT2D eigenvalue weighted by atomic mass is 10.1. The maximum Gasteiger partial charge on any atom is 0.258 e. The summed E-state index contributed by atoms with van der Waals surface area (Å²) in [6, 6.07) is 21.3. The van der Waals surface area contributed by atoms with Gasteiger partial charge in [0.25, 0.3) is 5.91 Å². The van der Waals surface area contributed by atoms with Crippen molar-refractivity contribution >= 4 is 32.6 Å². The Morgan fingerprint density at radius 1 is 1.10 bits per heavy atom. The Hall–Kier alpha value is -3.12. The van der Waals surface area contributed by atoms with Gasteiger partial charge in [-0.3, -0.25) is 4.79 Å². The molecule has 1 unspecified atom stereocenters. The van der Waals surface area contributed by atoms with Crippen molar-refractivity contribution in [1.29, 1.82) is 0 Å². The van der Waals surface area contributed by atoms with Crippen LogP contribution in [0.25, 0.3) is 10.8 Å². The van der Waals surface area contributed by atoms with E-state index in [0.29, 0.717) is 5.75 Å². The van der Waals surface area contributed by atoms with E-state index >= 15 is 0 Å². The Labute approximate surface area is 177 Å². The summed E-state index contributed by atoms with van der Waals surface area (Å²) in [4.78, 5) is 17.0. The standard InChI is InChI=1S/C23H20BrN3O2/c1-27-12-11-25-23(27)22(16-5-3-2-4-6-16)26-21(28)15-29-20-10-8-17-13-19(24)9-7-18(17)14-20/h2-14,22H,15H2,1H3,(H,26,28). The van der Waals surface area contributed by atoms with Crippen LogP contribution in [0.4, 0.5) is 0 Å². The molecule has 146 valence electrons. The van der Waals surface area contributed by atoms with Crippen LogP contribution in [0.5, 0.6) is 5.75 Å². The van der Waals surface area contributed by atoms with Gasteiger partial charge >= 0.3 is 0 Å². The second-order valence-corrected chi connectivity index (χ2v) is 7.67. The summed E-state index contributed by atoms with van der Waals surface area (Å²) in [7, 11) is 1.91. The number of imidazole rings is 1. The highest BCUT2D eigenvalue weighted by molar-refractivity contribution is 9.10. The quantitative estimate of drug-likeness (QED) is 0.467. The molecule has 4 rings (SSSR count). The van der Waals surface area contributed by atoms with Gasteiger partial charge in [0.05, 0.1) is 0 Å². The van der Waals surface area contributed by atoms with E-state index in [1.807, 2.05) is 84.5 Å². The minimum Gasteiger partial charge on any atom is -0.484 e. The number of nitrogens with zero attached hydrogens (tertiary/aromatic N) is 2. The number of amides is 1. The third-order valence-electron chi connectivity index (χ3n) is 4.70. The Morgan fingerprint density at radius 3 is 2.62 bits per heavy atom. The van der Waals surface area contributed by atoms with E-state index in [4.69, 9.17) is 4.74 Å². The largest absolute Gasteiger partial charge is 0.484 e. The van der Waals surface area contributed by atoms with Gasteiger partial charge in [0, 0.05) is 23.9 Å². The van der Waals surface area contributed by atoms with Crippen LogP contribution in [-0.2, 0) is 11.8 Å². The second kappa shape index (κ2) is 8.49. The van der Waals surface area contributed by atoms with Crippen LogP contribution < -0.4 is 10.1 Å². The number of fused-ring (bicyclic) bond motifs is 1. The minimum absolute atomic E-state index is 0.0736. The van der Waals surface area contributed by atoms with Gasteiger partial charge in [-0.15, -0.1) is 0 Å². The van der Waals surface area contributed by atoms with Crippen LogP contribution >= 0.6 is 15.9 Å². The lowest BCUT2D eigenvalue weighted by Crippen LogP contribution is -2.34. The smallest absolute Gasteiger partial charge is 0.258 e. The molecular formula is C23H20BrN3O2. The summed E-state index contributed by atoms with van der Waals surface area (Å²) in [5.74, 6) is 1.21. The zero-order chi connectivity index (χ0) is 20.2. The summed E-state index contributed by atoms with van der Waals surface area (Å²) < 4.78 is 8.67. The predicted molar refractivity (Wildman–Crippen MR) is 117 cm³/mol. The number of benzene rings is 3. The number of halogens is 1. The Morgan fingerprint density at radius 2 is 1.86 bits per heavy atom. The van der Waals surface area contributed by atoms with Gasteiger partial charge in [-0.1, -0.05) is 58.4 Å². The fourth-order valence-electron chi connectivity index (χ4n) is 3.23. The number of aryl methyl sites for hydroxylation is 1. The first-order valence-electron chi connectivity index (χ1n) is 9.24. The zero-order valence-electron chi connectivity index (χ0n) is 15.9. The first-order valence-corrected chi connectivity index (χ1v) is 10.0. The van der Waals surface area contributed by atoms with Crippen molar-refractivity contribution in [2.24, 2.45) is 7.05 Å². The molecule has 6 heteroatoms. The summed E-state index contributed by atoms with van der Waals surface area (Å²) >= 11 is 3.47. The lowest BCUT2D eigenvalue weighted by molar-refractivity contribution is -0.123. The fourth-order valence-corrected chi connectivity index (χ4v) is 3.61. The van der Waals surface area contributed by atoms with Crippen LogP contribution in [-0.4, -0.2) is 22.1 Å². The van der Waals surface area contributed by atoms with Crippen molar-refractivity contribution in [3.05, 3.63) is 95.0 Å². The number of nitrogens with one attached hydrogen (secondary N) is 1. The first-order chi connectivity index (χ1) is 14.1. The second-order valence-electron chi connectivity index (χ2n) is 6.75. The van der Waals surface area contributed by atoms with Crippen LogP contribution in [0.15, 0.2) is 83.6 Å². The molecule has 0 aliphatic heterocycles. The molecule has 0 aliphatic rings. The molecule has 1 N–H and O–H groups in total. The predicted octanol–water partition coefficient (Wildman–Crippen LogP) is 4.62. The average Bonchev–Trinajstić information content (AvgIpc) is 3.16. The molecule has 0 aliphatic carbocycles. The number of aromatic nitrogens is 2. The summed E-state index contributed by atoms with van der Waals surface area (Å²) in [6.45, 7) is -0.0736. The van der Waals surface area contributed by atoms with Crippen molar-refractivity contribution in [2.75, 3.05) is 6.61 Å². The highest BCUT2D eigenvalue weighted by Crippen LogP contribution is 2.24. The van der Waals surface area contributed by atoms with Crippen molar-refractivity contribution in [1.82, 2.24) is 14.9 Å². The Kier molecular flexibility index (Phi) is 5.62. The monoisotopic (exact) mass is 449 g/mol. The van der Waals surface area contributed by atoms with Crippen LogP contribution in [0.1, 0.15) is 17.4 Å². The SMILES string of the molecule is Cn1ccnc1C(NC(=O)COc1ccc2cc(Br)ccc2c1)c1ccccc1. The van der Waals surface area contributed by atoms with Crippen molar-refractivity contribution in [2.45, 2.75) is 6.04 Å². The molecule has 0 radical (unpaired) electrons. The third kappa shape index (κ3) is 4.49. The van der Waals surface area contributed by atoms with Gasteiger partial charge in [0.1, 0.15) is 17.6 Å². The Balaban J connectivity index is 1.47. The molecule has 4 aromatic rings. The number of carbonyl (C=O) groups is 1. The molecule has 0 bridgehead atoms. The molecule has 3 aromatic carbocycles. The molecule has 1 heterocycles. The van der Waals surface area contributed by atoms with Crippen LogP contribution in [0, 0.1) is 0 Å². The molecule has 0 spiro atoms. The molecule has 1 atom stereocenters. The molecule has 1 amide bonds. The highest BCUT2D eigenvalue weighted by Gasteiger charge is 2.20. The first kappa shape index (κ1) is 19.2. The van der Waals surface area contributed by atoms with E-state index in [2.05, 4.69) is 26.2 Å². The van der Waals surface area contributed by atoms with Crippen molar-refractivity contribution in [3.63, 3.8) is 0 Å². The van der Waals surface area contributed by atoms with Gasteiger partial charge in [-0.05, 0) is 40.6 Å². The number of ether oxygens (including phenoxy) is 1. The highest BCUT2D eigenvalue weighted by atomic mass is 79.9. The van der Waals surface area contributed by atoms with Gasteiger partial charge in [-0.25, -0.2) is 4.98 Å². The number of hydrogen-bond donors (Lipinski definition) is 1. The van der Waals surface area contributed by atoms with Crippen LogP contribution in [0.3, 0.4) is 0 Å². The molecule has 0 saturated carbocycles. The van der Waals surface area contributed by atoms with E-state index in [1.165, 1.54) is 0 Å². The van der Waals surface area contributed by atoms with Crippen LogP contribution in [0.2, 0.25) is 0 Å². The zero-order valence-corrected chi connectivity index (χ0v) is 17.5. The average molecular weight is 450 g/mol. The number of hydrogen-bond acceptors (Lipinski definition) is 3. The normalized spacial score (nSPS) is 11.9. The summed E-state index contributed by atoms with van der Waals surface area (Å²) in [6.07, 6.45) is 3.59. The molecule has 0 fully saturated rings. The Bertz CT molecular complexity index is 1140. The topological polar surface area (TPSA) is 56.2 Å². The van der Waals surface area contributed by atoms with Gasteiger partial charge < -0.3 is 14.6 Å². The summed E-state index contributed by atoms with van der Waals surface area (Å²) in [5.41, 5.74) is 0.964. The molecule has 0 saturated heterocycles. The maximum absolute atomic E-state index is 12.6. The fraction of sp³-hybridized carbons (Fsp3) is 0.130. The van der Waals surface area contributed by atoms with Crippen molar-refractivity contribution in [3.8, 4) is 5.75 Å². The van der Waals surface area contributed by atoms with E-state index < -0.39 is 0 Å². The molecule has 5 nitrogen and oxygen atoms in total.